The quantitative estimate of drug-likeness (QED) is 0.817. The molecule has 0 amide bonds. The first-order chi connectivity index (χ1) is 9.09. The summed E-state index contributed by atoms with van der Waals surface area (Å²) in [5.74, 6) is 0.975. The van der Waals surface area contributed by atoms with Crippen molar-refractivity contribution in [2.45, 2.75) is 58.9 Å². The van der Waals surface area contributed by atoms with E-state index >= 15 is 0 Å². The summed E-state index contributed by atoms with van der Waals surface area (Å²) in [6.45, 7) is 7.68. The van der Waals surface area contributed by atoms with Crippen LogP contribution in [0.1, 0.15) is 52.9 Å². The number of nitrogens with one attached hydrogen (secondary N) is 1. The zero-order valence-electron chi connectivity index (χ0n) is 12.5. The second kappa shape index (κ2) is 6.31. The third-order valence-corrected chi connectivity index (χ3v) is 4.02. The minimum atomic E-state index is 0.532. The largest absolute Gasteiger partial charge is 0.494 e. The lowest BCUT2D eigenvalue weighted by Gasteiger charge is -2.35. The standard InChI is InChI=1S/C17H27NO/c1-4-12-19-16-7-5-6-15(13-16)18-14-8-10-17(2,3)11-9-14/h5-7,13-14,18H,4,8-12H2,1-3H3. The Morgan fingerprint density at radius 2 is 2.00 bits per heavy atom. The topological polar surface area (TPSA) is 21.3 Å². The van der Waals surface area contributed by atoms with Gasteiger partial charge in [0.05, 0.1) is 6.61 Å². The van der Waals surface area contributed by atoms with Crippen LogP contribution in [0, 0.1) is 5.41 Å². The van der Waals surface area contributed by atoms with Gasteiger partial charge in [0.15, 0.2) is 0 Å². The van der Waals surface area contributed by atoms with E-state index in [1.807, 2.05) is 6.07 Å². The summed E-state index contributed by atoms with van der Waals surface area (Å²) in [6, 6.07) is 8.98. The number of rotatable bonds is 5. The highest BCUT2D eigenvalue weighted by molar-refractivity contribution is 5.48. The molecule has 0 saturated heterocycles. The normalized spacial score (nSPS) is 19.1. The molecule has 0 spiro atoms. The van der Waals surface area contributed by atoms with E-state index in [4.69, 9.17) is 4.74 Å². The Labute approximate surface area is 117 Å². The van der Waals surface area contributed by atoms with Crippen molar-refractivity contribution in [3.63, 3.8) is 0 Å². The summed E-state index contributed by atoms with van der Waals surface area (Å²) in [5.41, 5.74) is 1.72. The lowest BCUT2D eigenvalue weighted by Crippen LogP contribution is -2.29. The average Bonchev–Trinajstić information content (AvgIpc) is 2.39. The summed E-state index contributed by atoms with van der Waals surface area (Å²) in [6.07, 6.45) is 6.23. The van der Waals surface area contributed by atoms with Gasteiger partial charge < -0.3 is 10.1 Å². The third kappa shape index (κ3) is 4.45. The highest BCUT2D eigenvalue weighted by Crippen LogP contribution is 2.36. The van der Waals surface area contributed by atoms with E-state index in [0.717, 1.165) is 18.8 Å². The molecule has 1 aromatic rings. The third-order valence-electron chi connectivity index (χ3n) is 4.02. The predicted octanol–water partition coefficient (Wildman–Crippen LogP) is 4.86. The van der Waals surface area contributed by atoms with Gasteiger partial charge in [0.25, 0.3) is 0 Å². The van der Waals surface area contributed by atoms with E-state index < -0.39 is 0 Å². The van der Waals surface area contributed by atoms with Crippen LogP contribution in [0.4, 0.5) is 5.69 Å². The Bertz CT molecular complexity index is 390. The predicted molar refractivity (Wildman–Crippen MR) is 81.9 cm³/mol. The van der Waals surface area contributed by atoms with Gasteiger partial charge in [-0.1, -0.05) is 26.8 Å². The molecule has 0 heterocycles. The van der Waals surface area contributed by atoms with Crippen LogP contribution in [0.15, 0.2) is 24.3 Å². The van der Waals surface area contributed by atoms with Gasteiger partial charge in [-0.05, 0) is 49.7 Å². The van der Waals surface area contributed by atoms with Gasteiger partial charge in [-0.15, -0.1) is 0 Å². The van der Waals surface area contributed by atoms with E-state index in [1.165, 1.54) is 31.4 Å². The van der Waals surface area contributed by atoms with Gasteiger partial charge in [-0.25, -0.2) is 0 Å². The molecule has 1 aliphatic carbocycles. The van der Waals surface area contributed by atoms with Crippen molar-refractivity contribution in [3.8, 4) is 5.75 Å². The van der Waals surface area contributed by atoms with Crippen molar-refractivity contribution < 1.29 is 4.74 Å². The summed E-state index contributed by atoms with van der Waals surface area (Å²) >= 11 is 0. The van der Waals surface area contributed by atoms with Crippen molar-refractivity contribution >= 4 is 5.69 Å². The van der Waals surface area contributed by atoms with Gasteiger partial charge in [0.1, 0.15) is 5.75 Å². The molecule has 1 aromatic carbocycles. The number of hydrogen-bond acceptors (Lipinski definition) is 2. The SMILES string of the molecule is CCCOc1cccc(NC2CCC(C)(C)CC2)c1. The molecule has 106 valence electrons. The molecule has 2 rings (SSSR count). The molecule has 1 saturated carbocycles. The van der Waals surface area contributed by atoms with Crippen LogP contribution in [0.2, 0.25) is 0 Å². The van der Waals surface area contributed by atoms with E-state index in [9.17, 15) is 0 Å². The van der Waals surface area contributed by atoms with Crippen molar-refractivity contribution in [1.29, 1.82) is 0 Å². The number of benzene rings is 1. The van der Waals surface area contributed by atoms with Crippen LogP contribution in [0.5, 0.6) is 5.75 Å². The first kappa shape index (κ1) is 14.2. The van der Waals surface area contributed by atoms with Crippen LogP contribution in [-0.4, -0.2) is 12.6 Å². The summed E-state index contributed by atoms with van der Waals surface area (Å²) in [5, 5.41) is 3.66. The highest BCUT2D eigenvalue weighted by atomic mass is 16.5. The average molecular weight is 261 g/mol. The Balaban J connectivity index is 1.89. The Morgan fingerprint density at radius 3 is 2.68 bits per heavy atom. The van der Waals surface area contributed by atoms with E-state index in [-0.39, 0.29) is 0 Å². The zero-order valence-corrected chi connectivity index (χ0v) is 12.5. The van der Waals surface area contributed by atoms with Crippen molar-refractivity contribution in [3.05, 3.63) is 24.3 Å². The number of ether oxygens (including phenoxy) is 1. The van der Waals surface area contributed by atoms with Crippen molar-refractivity contribution in [2.75, 3.05) is 11.9 Å². The molecule has 0 radical (unpaired) electrons. The van der Waals surface area contributed by atoms with E-state index in [2.05, 4.69) is 44.3 Å². The molecule has 1 aliphatic rings. The Kier molecular flexibility index (Phi) is 4.73. The van der Waals surface area contributed by atoms with Crippen LogP contribution in [0.25, 0.3) is 0 Å². The van der Waals surface area contributed by atoms with Gasteiger partial charge in [-0.3, -0.25) is 0 Å². The fraction of sp³-hybridized carbons (Fsp3) is 0.647. The molecule has 1 fully saturated rings. The molecule has 0 bridgehead atoms. The summed E-state index contributed by atoms with van der Waals surface area (Å²) in [4.78, 5) is 0. The fourth-order valence-corrected chi connectivity index (χ4v) is 2.67. The summed E-state index contributed by atoms with van der Waals surface area (Å²) in [7, 11) is 0. The molecule has 19 heavy (non-hydrogen) atoms. The molecule has 2 heteroatoms. The molecular weight excluding hydrogens is 234 g/mol. The van der Waals surface area contributed by atoms with Crippen LogP contribution in [-0.2, 0) is 0 Å². The molecule has 0 aliphatic heterocycles. The Morgan fingerprint density at radius 1 is 1.26 bits per heavy atom. The second-order valence-electron chi connectivity index (χ2n) is 6.46. The first-order valence-corrected chi connectivity index (χ1v) is 7.58. The van der Waals surface area contributed by atoms with Crippen molar-refractivity contribution in [2.24, 2.45) is 5.41 Å². The smallest absolute Gasteiger partial charge is 0.121 e. The van der Waals surface area contributed by atoms with E-state index in [1.54, 1.807) is 0 Å². The lowest BCUT2D eigenvalue weighted by atomic mass is 9.75. The van der Waals surface area contributed by atoms with Gasteiger partial charge >= 0.3 is 0 Å². The molecular formula is C17H27NO. The summed E-state index contributed by atoms with van der Waals surface area (Å²) < 4.78 is 5.68. The van der Waals surface area contributed by atoms with Crippen LogP contribution < -0.4 is 10.1 Å². The van der Waals surface area contributed by atoms with Gasteiger partial charge in [-0.2, -0.15) is 0 Å². The molecule has 0 atom stereocenters. The minimum absolute atomic E-state index is 0.532. The van der Waals surface area contributed by atoms with Gasteiger partial charge in [0, 0.05) is 17.8 Å². The number of anilines is 1. The number of hydrogen-bond donors (Lipinski definition) is 1. The van der Waals surface area contributed by atoms with Crippen molar-refractivity contribution in [1.82, 2.24) is 0 Å². The molecule has 0 aromatic heterocycles. The molecule has 0 unspecified atom stereocenters. The molecule has 1 N–H and O–H groups in total. The maximum atomic E-state index is 5.68. The monoisotopic (exact) mass is 261 g/mol. The van der Waals surface area contributed by atoms with E-state index in [0.29, 0.717) is 11.5 Å². The van der Waals surface area contributed by atoms with Crippen LogP contribution in [0.3, 0.4) is 0 Å². The van der Waals surface area contributed by atoms with Crippen LogP contribution >= 0.6 is 0 Å². The Hall–Kier alpha value is -1.18. The molecule has 2 nitrogen and oxygen atoms in total. The van der Waals surface area contributed by atoms with Gasteiger partial charge in [0.2, 0.25) is 0 Å². The highest BCUT2D eigenvalue weighted by Gasteiger charge is 2.26. The zero-order chi connectivity index (χ0) is 13.7. The maximum absolute atomic E-state index is 5.68. The fourth-order valence-electron chi connectivity index (χ4n) is 2.67. The minimum Gasteiger partial charge on any atom is -0.494 e. The second-order valence-corrected chi connectivity index (χ2v) is 6.46. The lowest BCUT2D eigenvalue weighted by molar-refractivity contribution is 0.232. The first-order valence-electron chi connectivity index (χ1n) is 7.58. The maximum Gasteiger partial charge on any atom is 0.121 e.